The molecule has 2 aromatic carbocycles. The zero-order valence-corrected chi connectivity index (χ0v) is 9.64. The smallest absolute Gasteiger partial charge is 0.149 e. The predicted octanol–water partition coefficient (Wildman–Crippen LogP) is 4.23. The van der Waals surface area contributed by atoms with Crippen LogP contribution in [0, 0.1) is 11.6 Å². The molecule has 88 valence electrons. The Balaban J connectivity index is 2.10. The topological polar surface area (TPSA) is 12.0 Å². The fourth-order valence-corrected chi connectivity index (χ4v) is 1.59. The number of hydrogen-bond donors (Lipinski definition) is 1. The Labute approximate surface area is 103 Å². The van der Waals surface area contributed by atoms with Crippen LogP contribution >= 0.6 is 11.6 Å². The Morgan fingerprint density at radius 3 is 2.12 bits per heavy atom. The quantitative estimate of drug-likeness (QED) is 0.863. The van der Waals surface area contributed by atoms with E-state index in [4.69, 9.17) is 11.6 Å². The Hall–Kier alpha value is -1.61. The molecule has 0 heterocycles. The first-order chi connectivity index (χ1) is 8.16. The molecule has 0 unspecified atom stereocenters. The first kappa shape index (κ1) is 11.9. The van der Waals surface area contributed by atoms with Gasteiger partial charge in [0.25, 0.3) is 0 Å². The maximum Gasteiger partial charge on any atom is 0.149 e. The highest BCUT2D eigenvalue weighted by atomic mass is 35.5. The summed E-state index contributed by atoms with van der Waals surface area (Å²) in [4.78, 5) is 0. The number of para-hydroxylation sites is 1. The molecule has 0 spiro atoms. The van der Waals surface area contributed by atoms with E-state index >= 15 is 0 Å². The highest BCUT2D eigenvalue weighted by Gasteiger charge is 2.07. The van der Waals surface area contributed by atoms with E-state index in [0.717, 1.165) is 5.56 Å². The number of rotatable bonds is 3. The first-order valence-corrected chi connectivity index (χ1v) is 5.47. The number of halogens is 3. The van der Waals surface area contributed by atoms with Gasteiger partial charge < -0.3 is 5.32 Å². The molecule has 0 aliphatic rings. The van der Waals surface area contributed by atoms with Crippen molar-refractivity contribution >= 4 is 17.3 Å². The second-order valence-electron chi connectivity index (χ2n) is 3.58. The third kappa shape index (κ3) is 2.94. The minimum atomic E-state index is -0.598. The average molecular weight is 254 g/mol. The van der Waals surface area contributed by atoms with Gasteiger partial charge in [0, 0.05) is 11.6 Å². The highest BCUT2D eigenvalue weighted by molar-refractivity contribution is 6.30. The standard InChI is InChI=1S/C13H10ClF2N/c14-10-6-4-9(5-7-10)8-17-13-11(15)2-1-3-12(13)16/h1-7,17H,8H2. The van der Waals surface area contributed by atoms with E-state index < -0.39 is 11.6 Å². The number of hydrogen-bond acceptors (Lipinski definition) is 1. The fraction of sp³-hybridized carbons (Fsp3) is 0.0769. The molecule has 2 rings (SSSR count). The van der Waals surface area contributed by atoms with Gasteiger partial charge in [-0.05, 0) is 29.8 Å². The lowest BCUT2D eigenvalue weighted by atomic mass is 10.2. The number of nitrogens with one attached hydrogen (secondary N) is 1. The van der Waals surface area contributed by atoms with Crippen molar-refractivity contribution in [2.45, 2.75) is 6.54 Å². The van der Waals surface area contributed by atoms with Crippen LogP contribution in [0.1, 0.15) is 5.56 Å². The van der Waals surface area contributed by atoms with Gasteiger partial charge in [-0.1, -0.05) is 29.8 Å². The van der Waals surface area contributed by atoms with Crippen molar-refractivity contribution in [3.05, 3.63) is 64.7 Å². The van der Waals surface area contributed by atoms with Crippen LogP contribution in [-0.2, 0) is 6.54 Å². The van der Waals surface area contributed by atoms with Crippen LogP contribution in [0.25, 0.3) is 0 Å². The average Bonchev–Trinajstić information content (AvgIpc) is 2.31. The fourth-order valence-electron chi connectivity index (χ4n) is 1.46. The van der Waals surface area contributed by atoms with Crippen molar-refractivity contribution in [3.63, 3.8) is 0 Å². The van der Waals surface area contributed by atoms with Crippen molar-refractivity contribution in [2.24, 2.45) is 0 Å². The summed E-state index contributed by atoms with van der Waals surface area (Å²) >= 11 is 5.74. The molecule has 0 saturated heterocycles. The van der Waals surface area contributed by atoms with E-state index in [1.807, 2.05) is 0 Å². The molecule has 0 saturated carbocycles. The van der Waals surface area contributed by atoms with Crippen LogP contribution in [-0.4, -0.2) is 0 Å². The Bertz CT molecular complexity index is 491. The summed E-state index contributed by atoms with van der Waals surface area (Å²) in [5.74, 6) is -1.20. The molecule has 0 aromatic heterocycles. The molecule has 1 nitrogen and oxygen atoms in total. The van der Waals surface area contributed by atoms with Crippen LogP contribution in [0.3, 0.4) is 0 Å². The molecular formula is C13H10ClF2N. The Morgan fingerprint density at radius 2 is 1.53 bits per heavy atom. The molecule has 2 aromatic rings. The molecule has 17 heavy (non-hydrogen) atoms. The van der Waals surface area contributed by atoms with E-state index in [2.05, 4.69) is 5.32 Å². The van der Waals surface area contributed by atoms with Crippen molar-refractivity contribution in [1.29, 1.82) is 0 Å². The molecule has 0 radical (unpaired) electrons. The van der Waals surface area contributed by atoms with Crippen molar-refractivity contribution < 1.29 is 8.78 Å². The highest BCUT2D eigenvalue weighted by Crippen LogP contribution is 2.19. The number of benzene rings is 2. The van der Waals surface area contributed by atoms with E-state index in [-0.39, 0.29) is 5.69 Å². The van der Waals surface area contributed by atoms with Gasteiger partial charge in [0.2, 0.25) is 0 Å². The summed E-state index contributed by atoms with van der Waals surface area (Å²) in [5, 5.41) is 3.35. The maximum atomic E-state index is 13.3. The van der Waals surface area contributed by atoms with Crippen LogP contribution in [0.4, 0.5) is 14.5 Å². The minimum Gasteiger partial charge on any atom is -0.376 e. The summed E-state index contributed by atoms with van der Waals surface area (Å²) in [5.41, 5.74) is 0.791. The molecule has 0 aliphatic carbocycles. The van der Waals surface area contributed by atoms with Gasteiger partial charge in [-0.15, -0.1) is 0 Å². The summed E-state index contributed by atoms with van der Waals surface area (Å²) in [6.45, 7) is 0.342. The molecule has 4 heteroatoms. The summed E-state index contributed by atoms with van der Waals surface area (Å²) < 4.78 is 26.6. The van der Waals surface area contributed by atoms with Crippen LogP contribution in [0.15, 0.2) is 42.5 Å². The van der Waals surface area contributed by atoms with Gasteiger partial charge in [-0.25, -0.2) is 8.78 Å². The SMILES string of the molecule is Fc1cccc(F)c1NCc1ccc(Cl)cc1. The van der Waals surface area contributed by atoms with E-state index in [9.17, 15) is 8.78 Å². The molecule has 0 atom stereocenters. The van der Waals surface area contributed by atoms with Crippen LogP contribution in [0.2, 0.25) is 5.02 Å². The second kappa shape index (κ2) is 5.15. The lowest BCUT2D eigenvalue weighted by Crippen LogP contribution is -2.03. The molecule has 0 bridgehead atoms. The van der Waals surface area contributed by atoms with Crippen LogP contribution in [0.5, 0.6) is 0 Å². The van der Waals surface area contributed by atoms with Gasteiger partial charge >= 0.3 is 0 Å². The lowest BCUT2D eigenvalue weighted by molar-refractivity contribution is 0.588. The zero-order valence-electron chi connectivity index (χ0n) is 8.88. The third-order valence-electron chi connectivity index (χ3n) is 2.35. The van der Waals surface area contributed by atoms with Crippen molar-refractivity contribution in [3.8, 4) is 0 Å². The predicted molar refractivity (Wildman–Crippen MR) is 65.1 cm³/mol. The lowest BCUT2D eigenvalue weighted by Gasteiger charge is -2.08. The summed E-state index contributed by atoms with van der Waals surface area (Å²) in [7, 11) is 0. The normalized spacial score (nSPS) is 10.3. The van der Waals surface area contributed by atoms with Crippen molar-refractivity contribution in [2.75, 3.05) is 5.32 Å². The van der Waals surface area contributed by atoms with Gasteiger partial charge in [0.15, 0.2) is 0 Å². The largest absolute Gasteiger partial charge is 0.376 e. The van der Waals surface area contributed by atoms with Gasteiger partial charge in [0.05, 0.1) is 0 Å². The van der Waals surface area contributed by atoms with Gasteiger partial charge in [0.1, 0.15) is 17.3 Å². The Morgan fingerprint density at radius 1 is 0.941 bits per heavy atom. The van der Waals surface area contributed by atoms with Gasteiger partial charge in [-0.3, -0.25) is 0 Å². The zero-order chi connectivity index (χ0) is 12.3. The van der Waals surface area contributed by atoms with E-state index in [0.29, 0.717) is 11.6 Å². The molecular weight excluding hydrogens is 244 g/mol. The summed E-state index contributed by atoms with van der Waals surface area (Å²) in [6.07, 6.45) is 0. The first-order valence-electron chi connectivity index (χ1n) is 5.09. The summed E-state index contributed by atoms with van der Waals surface area (Å²) in [6, 6.07) is 10.8. The van der Waals surface area contributed by atoms with E-state index in [1.165, 1.54) is 18.2 Å². The molecule has 0 amide bonds. The van der Waals surface area contributed by atoms with Crippen LogP contribution < -0.4 is 5.32 Å². The molecule has 1 N–H and O–H groups in total. The van der Waals surface area contributed by atoms with E-state index in [1.54, 1.807) is 24.3 Å². The number of anilines is 1. The van der Waals surface area contributed by atoms with Gasteiger partial charge in [-0.2, -0.15) is 0 Å². The monoisotopic (exact) mass is 253 g/mol. The molecule has 0 fully saturated rings. The maximum absolute atomic E-state index is 13.3. The van der Waals surface area contributed by atoms with Crippen molar-refractivity contribution in [1.82, 2.24) is 0 Å². The second-order valence-corrected chi connectivity index (χ2v) is 4.01. The minimum absolute atomic E-state index is 0.109. The molecule has 0 aliphatic heterocycles. The third-order valence-corrected chi connectivity index (χ3v) is 2.60. The Kier molecular flexibility index (Phi) is 3.59.